The number of halogens is 1. The molecule has 0 aliphatic carbocycles. The van der Waals surface area contributed by atoms with E-state index in [-0.39, 0.29) is 24.8 Å². The number of carbonyl (C=O) groups excluding carboxylic acids is 2. The molecule has 0 aliphatic rings. The first-order valence-electron chi connectivity index (χ1n) is 8.32. The molecule has 0 spiro atoms. The number of furan rings is 1. The Labute approximate surface area is 160 Å². The molecule has 1 heterocycles. The maximum atomic E-state index is 12.0. The summed E-state index contributed by atoms with van der Waals surface area (Å²) in [6.45, 7) is 1.46. The van der Waals surface area contributed by atoms with Crippen molar-refractivity contribution < 1.29 is 23.8 Å². The van der Waals surface area contributed by atoms with Crippen molar-refractivity contribution in [3.05, 3.63) is 64.9 Å². The molecule has 1 aromatic heterocycles. The zero-order valence-electron chi connectivity index (χ0n) is 14.6. The van der Waals surface area contributed by atoms with Crippen LogP contribution in [0.25, 0.3) is 11.0 Å². The number of nitrogens with one attached hydrogen (secondary N) is 1. The molecule has 3 aromatic rings. The van der Waals surface area contributed by atoms with E-state index in [0.717, 1.165) is 5.56 Å². The second-order valence-corrected chi connectivity index (χ2v) is 6.56. The van der Waals surface area contributed by atoms with Gasteiger partial charge in [-0.15, -0.1) is 0 Å². The topological polar surface area (TPSA) is 88.8 Å². The van der Waals surface area contributed by atoms with E-state index >= 15 is 0 Å². The molecular weight excluding hydrogens is 370 g/mol. The molecule has 0 unspecified atom stereocenters. The summed E-state index contributed by atoms with van der Waals surface area (Å²) in [6, 6.07) is 11.5. The van der Waals surface area contributed by atoms with E-state index in [1.165, 1.54) is 18.4 Å². The average Bonchev–Trinajstić information content (AvgIpc) is 3.02. The van der Waals surface area contributed by atoms with E-state index in [2.05, 4.69) is 5.32 Å². The zero-order chi connectivity index (χ0) is 19.4. The summed E-state index contributed by atoms with van der Waals surface area (Å²) < 4.78 is 10.4. The molecule has 27 heavy (non-hydrogen) atoms. The number of ether oxygens (including phenoxy) is 1. The Morgan fingerprint density at radius 3 is 2.70 bits per heavy atom. The number of phenols is 1. The lowest BCUT2D eigenvalue weighted by atomic mass is 10.1. The monoisotopic (exact) mass is 387 g/mol. The molecule has 0 aliphatic heterocycles. The molecule has 1 atom stereocenters. The number of amides is 1. The molecular formula is C20H18ClNO5. The predicted octanol–water partition coefficient (Wildman–Crippen LogP) is 3.75. The minimum atomic E-state index is -0.542. The second kappa shape index (κ2) is 8.14. The normalized spacial score (nSPS) is 11.9. The van der Waals surface area contributed by atoms with Gasteiger partial charge in [-0.3, -0.25) is 9.59 Å². The lowest BCUT2D eigenvalue weighted by molar-refractivity contribution is -0.148. The molecule has 2 N–H and O–H groups in total. The Hall–Kier alpha value is -2.99. The quantitative estimate of drug-likeness (QED) is 0.629. The first kappa shape index (κ1) is 18.8. The van der Waals surface area contributed by atoms with Gasteiger partial charge in [-0.2, -0.15) is 0 Å². The molecule has 0 fully saturated rings. The number of benzene rings is 2. The van der Waals surface area contributed by atoms with Crippen LogP contribution >= 0.6 is 11.6 Å². The van der Waals surface area contributed by atoms with Gasteiger partial charge in [0.25, 0.3) is 5.91 Å². The largest absolute Gasteiger partial charge is 0.508 e. The maximum absolute atomic E-state index is 12.0. The Balaban J connectivity index is 1.50. The Morgan fingerprint density at radius 2 is 1.96 bits per heavy atom. The minimum Gasteiger partial charge on any atom is -0.508 e. The van der Waals surface area contributed by atoms with Gasteiger partial charge < -0.3 is 19.6 Å². The third-order valence-corrected chi connectivity index (χ3v) is 4.34. The van der Waals surface area contributed by atoms with Crippen LogP contribution in [0.15, 0.2) is 53.1 Å². The highest BCUT2D eigenvalue weighted by Gasteiger charge is 2.15. The van der Waals surface area contributed by atoms with Gasteiger partial charge in [0.1, 0.15) is 11.3 Å². The summed E-state index contributed by atoms with van der Waals surface area (Å²) in [5.74, 6) is -0.856. The smallest absolute Gasteiger partial charge is 0.310 e. The van der Waals surface area contributed by atoms with E-state index in [9.17, 15) is 14.7 Å². The third-order valence-electron chi connectivity index (χ3n) is 4.09. The third kappa shape index (κ3) is 4.80. The minimum absolute atomic E-state index is 0.0300. The van der Waals surface area contributed by atoms with Crippen molar-refractivity contribution in [2.75, 3.05) is 6.61 Å². The van der Waals surface area contributed by atoms with Crippen LogP contribution in [0, 0.1) is 0 Å². The lowest BCUT2D eigenvalue weighted by Gasteiger charge is -2.14. The first-order chi connectivity index (χ1) is 12.9. The van der Waals surface area contributed by atoms with Crippen LogP contribution in [0.5, 0.6) is 5.75 Å². The standard InChI is InChI=1S/C20H18ClNO5/c1-12(13-2-4-15(21)5-3-13)22-19(24)11-27-20(25)8-14-10-26-18-9-16(23)6-7-17(14)18/h2-7,9-10,12,23H,8,11H2,1H3,(H,22,24)/t12-/m0/s1. The van der Waals surface area contributed by atoms with E-state index in [1.54, 1.807) is 18.2 Å². The van der Waals surface area contributed by atoms with Crippen LogP contribution in [0.2, 0.25) is 5.02 Å². The number of hydrogen-bond acceptors (Lipinski definition) is 5. The van der Waals surface area contributed by atoms with Crippen molar-refractivity contribution in [3.8, 4) is 5.75 Å². The van der Waals surface area contributed by atoms with Gasteiger partial charge in [0, 0.05) is 22.0 Å². The maximum Gasteiger partial charge on any atom is 0.310 e. The number of esters is 1. The van der Waals surface area contributed by atoms with E-state index in [4.69, 9.17) is 20.8 Å². The van der Waals surface area contributed by atoms with Gasteiger partial charge in [-0.25, -0.2) is 0 Å². The molecule has 2 aromatic carbocycles. The Bertz CT molecular complexity index is 964. The number of fused-ring (bicyclic) bond motifs is 1. The summed E-state index contributed by atoms with van der Waals surface area (Å²) in [5, 5.41) is 13.5. The van der Waals surface area contributed by atoms with Crippen molar-refractivity contribution >= 4 is 34.4 Å². The molecule has 3 rings (SSSR count). The van der Waals surface area contributed by atoms with Gasteiger partial charge in [-0.05, 0) is 36.8 Å². The number of hydrogen-bond donors (Lipinski definition) is 2. The van der Waals surface area contributed by atoms with Crippen molar-refractivity contribution in [1.29, 1.82) is 0 Å². The van der Waals surface area contributed by atoms with E-state index in [0.29, 0.717) is 21.6 Å². The van der Waals surface area contributed by atoms with Crippen molar-refractivity contribution in [2.45, 2.75) is 19.4 Å². The number of aromatic hydroxyl groups is 1. The fraction of sp³-hybridized carbons (Fsp3) is 0.200. The van der Waals surface area contributed by atoms with Gasteiger partial charge in [0.05, 0.1) is 18.7 Å². The highest BCUT2D eigenvalue weighted by atomic mass is 35.5. The zero-order valence-corrected chi connectivity index (χ0v) is 15.3. The average molecular weight is 388 g/mol. The Kier molecular flexibility index (Phi) is 5.66. The van der Waals surface area contributed by atoms with Crippen LogP contribution < -0.4 is 5.32 Å². The predicted molar refractivity (Wildman–Crippen MR) is 101 cm³/mol. The van der Waals surface area contributed by atoms with Crippen LogP contribution in [0.4, 0.5) is 0 Å². The van der Waals surface area contributed by atoms with Crippen molar-refractivity contribution in [2.24, 2.45) is 0 Å². The molecule has 0 bridgehead atoms. The fourth-order valence-electron chi connectivity index (χ4n) is 2.68. The number of phenolic OH excluding ortho intramolecular Hbond substituents is 1. The van der Waals surface area contributed by atoms with Crippen LogP contribution in [-0.2, 0) is 20.7 Å². The lowest BCUT2D eigenvalue weighted by Crippen LogP contribution is -2.31. The van der Waals surface area contributed by atoms with Crippen LogP contribution in [0.3, 0.4) is 0 Å². The van der Waals surface area contributed by atoms with Crippen LogP contribution in [0.1, 0.15) is 24.1 Å². The molecule has 6 nitrogen and oxygen atoms in total. The van der Waals surface area contributed by atoms with E-state index in [1.807, 2.05) is 19.1 Å². The summed E-state index contributed by atoms with van der Waals surface area (Å²) >= 11 is 5.85. The number of carbonyl (C=O) groups is 2. The van der Waals surface area contributed by atoms with Crippen molar-refractivity contribution in [1.82, 2.24) is 5.32 Å². The molecule has 140 valence electrons. The summed E-state index contributed by atoms with van der Waals surface area (Å²) in [7, 11) is 0. The molecule has 0 saturated heterocycles. The first-order valence-corrected chi connectivity index (χ1v) is 8.69. The number of rotatable bonds is 6. The summed E-state index contributed by atoms with van der Waals surface area (Å²) in [4.78, 5) is 24.0. The Morgan fingerprint density at radius 1 is 1.22 bits per heavy atom. The van der Waals surface area contributed by atoms with Gasteiger partial charge >= 0.3 is 5.97 Å². The van der Waals surface area contributed by atoms with Gasteiger partial charge in [0.15, 0.2) is 6.61 Å². The fourth-order valence-corrected chi connectivity index (χ4v) is 2.81. The van der Waals surface area contributed by atoms with Crippen LogP contribution in [-0.4, -0.2) is 23.6 Å². The molecule has 7 heteroatoms. The summed E-state index contributed by atoms with van der Waals surface area (Å²) in [5.41, 5.74) is 2.00. The van der Waals surface area contributed by atoms with Gasteiger partial charge in [0.2, 0.25) is 0 Å². The summed E-state index contributed by atoms with van der Waals surface area (Å²) in [6.07, 6.45) is 1.41. The molecule has 1 amide bonds. The van der Waals surface area contributed by atoms with Gasteiger partial charge in [-0.1, -0.05) is 23.7 Å². The molecule has 0 radical (unpaired) electrons. The van der Waals surface area contributed by atoms with Crippen molar-refractivity contribution in [3.63, 3.8) is 0 Å². The second-order valence-electron chi connectivity index (χ2n) is 6.12. The SMILES string of the molecule is C[C@H](NC(=O)COC(=O)Cc1coc2cc(O)ccc12)c1ccc(Cl)cc1. The molecule has 0 saturated carbocycles. The highest BCUT2D eigenvalue weighted by Crippen LogP contribution is 2.25. The van der Waals surface area contributed by atoms with E-state index < -0.39 is 11.9 Å². The highest BCUT2D eigenvalue weighted by molar-refractivity contribution is 6.30.